The van der Waals surface area contributed by atoms with Gasteiger partial charge in [0.25, 0.3) is 5.91 Å². The maximum atomic E-state index is 13.4. The Morgan fingerprint density at radius 2 is 1.85 bits per heavy atom. The van der Waals surface area contributed by atoms with Crippen LogP contribution < -0.4 is 5.32 Å². The Hall–Kier alpha value is -0.910. The molecular formula is C14H9Br2ClFNO. The van der Waals surface area contributed by atoms with E-state index in [0.29, 0.717) is 15.2 Å². The zero-order valence-electron chi connectivity index (χ0n) is 10.3. The Kier molecular flexibility index (Phi) is 4.83. The zero-order chi connectivity index (χ0) is 14.9. The molecule has 0 aliphatic rings. The van der Waals surface area contributed by atoms with Gasteiger partial charge in [0.1, 0.15) is 5.82 Å². The molecule has 1 N–H and O–H groups in total. The van der Waals surface area contributed by atoms with Crippen LogP contribution in [0, 0.1) is 12.7 Å². The van der Waals surface area contributed by atoms with Gasteiger partial charge in [0.15, 0.2) is 0 Å². The standard InChI is InChI=1S/C14H9Br2ClFNO/c1-7-12(5-4-10(16)13(7)17)19-14(20)8-2-3-9(15)11(18)6-8/h2-6H,1H3,(H,19,20). The molecule has 0 saturated carbocycles. The molecule has 104 valence electrons. The molecule has 0 saturated heterocycles. The predicted octanol–water partition coefficient (Wildman–Crippen LogP) is 5.56. The summed E-state index contributed by atoms with van der Waals surface area (Å²) in [4.78, 5) is 12.1. The van der Waals surface area contributed by atoms with Crippen LogP contribution in [-0.4, -0.2) is 5.91 Å². The van der Waals surface area contributed by atoms with E-state index in [1.807, 2.05) is 0 Å². The molecule has 2 rings (SSSR count). The maximum Gasteiger partial charge on any atom is 0.255 e. The van der Waals surface area contributed by atoms with Crippen LogP contribution in [0.3, 0.4) is 0 Å². The van der Waals surface area contributed by atoms with Crippen molar-refractivity contribution in [3.05, 3.63) is 61.2 Å². The SMILES string of the molecule is Cc1c(NC(=O)c2ccc(Br)c(F)c2)ccc(Br)c1Cl. The number of carbonyl (C=O) groups excluding carboxylic acids is 1. The van der Waals surface area contributed by atoms with Crippen LogP contribution in [0.4, 0.5) is 10.1 Å². The van der Waals surface area contributed by atoms with E-state index in [-0.39, 0.29) is 5.56 Å². The minimum atomic E-state index is -0.483. The summed E-state index contributed by atoms with van der Waals surface area (Å²) in [6, 6.07) is 7.69. The third-order valence-electron chi connectivity index (χ3n) is 2.77. The average molecular weight is 421 g/mol. The van der Waals surface area contributed by atoms with E-state index in [9.17, 15) is 9.18 Å². The van der Waals surface area contributed by atoms with Crippen molar-refractivity contribution < 1.29 is 9.18 Å². The van der Waals surface area contributed by atoms with Gasteiger partial charge in [-0.15, -0.1) is 0 Å². The maximum absolute atomic E-state index is 13.4. The zero-order valence-corrected chi connectivity index (χ0v) is 14.2. The third-order valence-corrected chi connectivity index (χ3v) is 4.79. The number of rotatable bonds is 2. The molecule has 0 aliphatic heterocycles. The van der Waals surface area contributed by atoms with Gasteiger partial charge >= 0.3 is 0 Å². The van der Waals surface area contributed by atoms with Gasteiger partial charge in [-0.25, -0.2) is 4.39 Å². The molecule has 6 heteroatoms. The molecule has 2 nitrogen and oxygen atoms in total. The number of amides is 1. The lowest BCUT2D eigenvalue weighted by Crippen LogP contribution is -2.13. The first-order valence-corrected chi connectivity index (χ1v) is 7.57. The molecule has 20 heavy (non-hydrogen) atoms. The van der Waals surface area contributed by atoms with E-state index >= 15 is 0 Å². The van der Waals surface area contributed by atoms with Gasteiger partial charge in [-0.05, 0) is 74.7 Å². The van der Waals surface area contributed by atoms with E-state index < -0.39 is 11.7 Å². The minimum absolute atomic E-state index is 0.240. The fourth-order valence-electron chi connectivity index (χ4n) is 1.62. The summed E-state index contributed by atoms with van der Waals surface area (Å²) in [5, 5.41) is 3.25. The van der Waals surface area contributed by atoms with Crippen molar-refractivity contribution in [2.75, 3.05) is 5.32 Å². The van der Waals surface area contributed by atoms with Crippen LogP contribution in [0.2, 0.25) is 5.02 Å². The lowest BCUT2D eigenvalue weighted by Gasteiger charge is -2.11. The monoisotopic (exact) mass is 419 g/mol. The van der Waals surface area contributed by atoms with Crippen molar-refractivity contribution in [1.82, 2.24) is 0 Å². The Balaban J connectivity index is 2.28. The van der Waals surface area contributed by atoms with Crippen LogP contribution in [0.5, 0.6) is 0 Å². The molecule has 0 bridgehead atoms. The van der Waals surface area contributed by atoms with Crippen LogP contribution in [0.1, 0.15) is 15.9 Å². The predicted molar refractivity (Wildman–Crippen MR) is 85.9 cm³/mol. The highest BCUT2D eigenvalue weighted by Gasteiger charge is 2.12. The second-order valence-corrected chi connectivity index (χ2v) is 6.20. The molecule has 0 aliphatic carbocycles. The molecular weight excluding hydrogens is 412 g/mol. The Bertz CT molecular complexity index is 691. The Labute approximate surface area is 137 Å². The lowest BCUT2D eigenvalue weighted by atomic mass is 10.1. The van der Waals surface area contributed by atoms with Gasteiger partial charge in [0.2, 0.25) is 0 Å². The summed E-state index contributed by atoms with van der Waals surface area (Å²) in [5.41, 5.74) is 1.57. The minimum Gasteiger partial charge on any atom is -0.322 e. The van der Waals surface area contributed by atoms with E-state index in [1.165, 1.54) is 18.2 Å². The van der Waals surface area contributed by atoms with E-state index in [4.69, 9.17) is 11.6 Å². The fraction of sp³-hybridized carbons (Fsp3) is 0.0714. The first-order valence-electron chi connectivity index (χ1n) is 5.61. The number of benzene rings is 2. The quantitative estimate of drug-likeness (QED) is 0.675. The molecule has 0 fully saturated rings. The molecule has 0 atom stereocenters. The number of anilines is 1. The second kappa shape index (κ2) is 6.24. The first-order chi connectivity index (χ1) is 9.40. The molecule has 2 aromatic rings. The molecule has 0 unspecified atom stereocenters. The summed E-state index contributed by atoms with van der Waals surface area (Å²) in [5.74, 6) is -0.874. The van der Waals surface area contributed by atoms with Gasteiger partial charge in [-0.3, -0.25) is 4.79 Å². The number of carbonyl (C=O) groups is 1. The number of halogens is 4. The van der Waals surface area contributed by atoms with Crippen molar-refractivity contribution in [3.8, 4) is 0 Å². The van der Waals surface area contributed by atoms with Gasteiger partial charge in [0.05, 0.1) is 9.50 Å². The fourth-order valence-corrected chi connectivity index (χ4v) is 2.46. The van der Waals surface area contributed by atoms with Gasteiger partial charge in [-0.2, -0.15) is 0 Å². The van der Waals surface area contributed by atoms with Crippen molar-refractivity contribution in [2.45, 2.75) is 6.92 Å². The summed E-state index contributed by atoms with van der Waals surface area (Å²) >= 11 is 12.4. The van der Waals surface area contributed by atoms with E-state index in [2.05, 4.69) is 37.2 Å². The molecule has 0 heterocycles. The average Bonchev–Trinajstić information content (AvgIpc) is 2.42. The van der Waals surface area contributed by atoms with Gasteiger partial charge in [-0.1, -0.05) is 11.6 Å². The first kappa shape index (κ1) is 15.5. The molecule has 0 spiro atoms. The highest BCUT2D eigenvalue weighted by Crippen LogP contribution is 2.31. The van der Waals surface area contributed by atoms with Gasteiger partial charge < -0.3 is 5.32 Å². The summed E-state index contributed by atoms with van der Waals surface area (Å²) < 4.78 is 14.5. The van der Waals surface area contributed by atoms with Crippen molar-refractivity contribution in [3.63, 3.8) is 0 Å². The summed E-state index contributed by atoms with van der Waals surface area (Å²) in [6.45, 7) is 1.80. The highest BCUT2D eigenvalue weighted by atomic mass is 79.9. The third kappa shape index (κ3) is 3.22. The number of hydrogen-bond donors (Lipinski definition) is 1. The van der Waals surface area contributed by atoms with Gasteiger partial charge in [0, 0.05) is 15.7 Å². The number of nitrogens with one attached hydrogen (secondary N) is 1. The van der Waals surface area contributed by atoms with Crippen molar-refractivity contribution in [2.24, 2.45) is 0 Å². The normalized spacial score (nSPS) is 10.4. The van der Waals surface area contributed by atoms with Crippen LogP contribution in [-0.2, 0) is 0 Å². The van der Waals surface area contributed by atoms with E-state index in [1.54, 1.807) is 19.1 Å². The smallest absolute Gasteiger partial charge is 0.255 e. The molecule has 2 aromatic carbocycles. The van der Waals surface area contributed by atoms with Crippen LogP contribution in [0.15, 0.2) is 39.3 Å². The Morgan fingerprint density at radius 3 is 2.50 bits per heavy atom. The molecule has 1 amide bonds. The summed E-state index contributed by atoms with van der Waals surface area (Å²) in [7, 11) is 0. The van der Waals surface area contributed by atoms with Crippen molar-refractivity contribution >= 4 is 55.1 Å². The van der Waals surface area contributed by atoms with Crippen LogP contribution >= 0.6 is 43.5 Å². The lowest BCUT2D eigenvalue weighted by molar-refractivity contribution is 0.102. The molecule has 0 aromatic heterocycles. The largest absolute Gasteiger partial charge is 0.322 e. The van der Waals surface area contributed by atoms with Crippen LogP contribution in [0.25, 0.3) is 0 Å². The topological polar surface area (TPSA) is 29.1 Å². The number of hydrogen-bond acceptors (Lipinski definition) is 1. The summed E-state index contributed by atoms with van der Waals surface area (Å²) in [6.07, 6.45) is 0. The highest BCUT2D eigenvalue weighted by molar-refractivity contribution is 9.10. The van der Waals surface area contributed by atoms with Crippen molar-refractivity contribution in [1.29, 1.82) is 0 Å². The Morgan fingerprint density at radius 1 is 1.20 bits per heavy atom. The second-order valence-electron chi connectivity index (χ2n) is 4.12. The van der Waals surface area contributed by atoms with E-state index in [0.717, 1.165) is 10.0 Å². The molecule has 0 radical (unpaired) electrons.